The summed E-state index contributed by atoms with van der Waals surface area (Å²) in [5.41, 5.74) is 0. The molecule has 0 aromatic rings. The first-order valence-corrected chi connectivity index (χ1v) is 6.90. The third kappa shape index (κ3) is 2.76. The molecule has 2 rings (SSSR count). The Morgan fingerprint density at radius 1 is 1.20 bits per heavy atom. The van der Waals surface area contributed by atoms with Crippen molar-refractivity contribution < 1.29 is 22.8 Å². The van der Waals surface area contributed by atoms with Gasteiger partial charge in [0.25, 0.3) is 0 Å². The second kappa shape index (κ2) is 5.26. The van der Waals surface area contributed by atoms with Gasteiger partial charge in [0, 0.05) is 6.54 Å². The zero-order valence-electron chi connectivity index (χ0n) is 11.6. The summed E-state index contributed by atoms with van der Waals surface area (Å²) in [6.45, 7) is 2.47. The summed E-state index contributed by atoms with van der Waals surface area (Å²) in [5, 5.41) is 0. The van der Waals surface area contributed by atoms with Crippen LogP contribution in [0.5, 0.6) is 0 Å². The minimum Gasteiger partial charge on any atom is -0.329 e. The Morgan fingerprint density at radius 3 is 2.40 bits per heavy atom. The molecule has 114 valence electrons. The van der Waals surface area contributed by atoms with Crippen LogP contribution in [0.25, 0.3) is 0 Å². The van der Waals surface area contributed by atoms with E-state index in [1.165, 1.54) is 4.90 Å². The van der Waals surface area contributed by atoms with Crippen molar-refractivity contribution in [1.29, 1.82) is 0 Å². The number of hydrogen-bond acceptors (Lipinski definition) is 2. The van der Waals surface area contributed by atoms with E-state index in [9.17, 15) is 22.8 Å². The molecule has 2 atom stereocenters. The Kier molecular flexibility index (Phi) is 3.97. The van der Waals surface area contributed by atoms with E-state index in [0.717, 1.165) is 17.7 Å². The van der Waals surface area contributed by atoms with Crippen LogP contribution in [0, 0.1) is 5.92 Å². The molecule has 2 saturated heterocycles. The van der Waals surface area contributed by atoms with Crippen molar-refractivity contribution in [3.05, 3.63) is 0 Å². The smallest absolute Gasteiger partial charge is 0.329 e. The molecule has 2 heterocycles. The summed E-state index contributed by atoms with van der Waals surface area (Å²) in [6, 6.07) is -1.70. The fraction of sp³-hybridized carbons (Fsp3) is 0.846. The molecule has 0 aromatic carbocycles. The lowest BCUT2D eigenvalue weighted by molar-refractivity contribution is -0.185. The second-order valence-corrected chi connectivity index (χ2v) is 5.81. The zero-order valence-corrected chi connectivity index (χ0v) is 11.6. The van der Waals surface area contributed by atoms with Gasteiger partial charge in [0.05, 0.1) is 0 Å². The van der Waals surface area contributed by atoms with E-state index in [2.05, 4.69) is 0 Å². The summed E-state index contributed by atoms with van der Waals surface area (Å²) in [4.78, 5) is 26.9. The highest BCUT2D eigenvalue weighted by molar-refractivity contribution is 5.97. The van der Waals surface area contributed by atoms with E-state index >= 15 is 0 Å². The standard InChI is InChI=1S/C13H19F3N2O2/c1-8(2)10-12(20)17-6-4-3-5-9(17)11(19)18(10)7-13(14,15)16/h8-10H,3-7H2,1-2H3. The zero-order chi connectivity index (χ0) is 15.1. The van der Waals surface area contributed by atoms with Crippen LogP contribution in [0.3, 0.4) is 0 Å². The molecule has 0 radical (unpaired) electrons. The lowest BCUT2D eigenvalue weighted by atomic mass is 9.91. The van der Waals surface area contributed by atoms with E-state index in [4.69, 9.17) is 0 Å². The third-order valence-electron chi connectivity index (χ3n) is 3.92. The molecule has 2 aliphatic rings. The summed E-state index contributed by atoms with van der Waals surface area (Å²) >= 11 is 0. The van der Waals surface area contributed by atoms with Crippen molar-refractivity contribution in [1.82, 2.24) is 9.80 Å². The fourth-order valence-electron chi connectivity index (χ4n) is 3.10. The van der Waals surface area contributed by atoms with Gasteiger partial charge >= 0.3 is 6.18 Å². The largest absolute Gasteiger partial charge is 0.406 e. The quantitative estimate of drug-likeness (QED) is 0.778. The Balaban J connectivity index is 2.31. The number of halogens is 3. The Labute approximate surface area is 115 Å². The number of piperidine rings is 1. The molecule has 0 saturated carbocycles. The van der Waals surface area contributed by atoms with Crippen LogP contribution in [0.2, 0.25) is 0 Å². The topological polar surface area (TPSA) is 40.6 Å². The highest BCUT2D eigenvalue weighted by Crippen LogP contribution is 2.31. The Bertz CT molecular complexity index is 409. The van der Waals surface area contributed by atoms with Crippen LogP contribution in [0.4, 0.5) is 13.2 Å². The van der Waals surface area contributed by atoms with E-state index in [0.29, 0.717) is 13.0 Å². The maximum atomic E-state index is 12.7. The molecule has 7 heteroatoms. The van der Waals surface area contributed by atoms with Gasteiger partial charge in [-0.15, -0.1) is 0 Å². The maximum absolute atomic E-state index is 12.7. The minimum absolute atomic E-state index is 0.336. The van der Waals surface area contributed by atoms with E-state index in [1.807, 2.05) is 0 Å². The predicted octanol–water partition coefficient (Wildman–Crippen LogP) is 1.80. The molecule has 0 bridgehead atoms. The van der Waals surface area contributed by atoms with Crippen LogP contribution in [-0.2, 0) is 9.59 Å². The summed E-state index contributed by atoms with van der Waals surface area (Å²) < 4.78 is 38.0. The molecule has 2 aliphatic heterocycles. The number of carbonyl (C=O) groups excluding carboxylic acids is 2. The van der Waals surface area contributed by atoms with Gasteiger partial charge in [0.15, 0.2) is 0 Å². The maximum Gasteiger partial charge on any atom is 0.406 e. The van der Waals surface area contributed by atoms with Gasteiger partial charge in [-0.1, -0.05) is 13.8 Å². The fourth-order valence-corrected chi connectivity index (χ4v) is 3.10. The highest BCUT2D eigenvalue weighted by atomic mass is 19.4. The number of hydrogen-bond donors (Lipinski definition) is 0. The van der Waals surface area contributed by atoms with Crippen LogP contribution in [-0.4, -0.2) is 53.0 Å². The molecule has 20 heavy (non-hydrogen) atoms. The summed E-state index contributed by atoms with van der Waals surface area (Å²) in [5.74, 6) is -1.23. The van der Waals surface area contributed by atoms with Gasteiger partial charge in [-0.05, 0) is 25.2 Å². The lowest BCUT2D eigenvalue weighted by Gasteiger charge is -2.48. The van der Waals surface area contributed by atoms with Gasteiger partial charge in [-0.2, -0.15) is 13.2 Å². The van der Waals surface area contributed by atoms with Crippen molar-refractivity contribution in [2.24, 2.45) is 5.92 Å². The second-order valence-electron chi connectivity index (χ2n) is 5.81. The number of nitrogens with zero attached hydrogens (tertiary/aromatic N) is 2. The molecule has 2 fully saturated rings. The molecule has 0 aliphatic carbocycles. The molecular weight excluding hydrogens is 273 g/mol. The first-order valence-electron chi connectivity index (χ1n) is 6.90. The van der Waals surface area contributed by atoms with Crippen molar-refractivity contribution in [2.45, 2.75) is 51.4 Å². The van der Waals surface area contributed by atoms with E-state index in [-0.39, 0.29) is 11.8 Å². The number of alkyl halides is 3. The lowest BCUT2D eigenvalue weighted by Crippen LogP contribution is -2.68. The SMILES string of the molecule is CC(C)C1C(=O)N2CCCCC2C(=O)N1CC(F)(F)F. The molecule has 2 amide bonds. The number of rotatable bonds is 2. The number of carbonyl (C=O) groups is 2. The third-order valence-corrected chi connectivity index (χ3v) is 3.92. The van der Waals surface area contributed by atoms with Crippen molar-refractivity contribution in [2.75, 3.05) is 13.1 Å². The Morgan fingerprint density at radius 2 is 1.85 bits per heavy atom. The predicted molar refractivity (Wildman–Crippen MR) is 65.7 cm³/mol. The molecule has 0 aromatic heterocycles. The van der Waals surface area contributed by atoms with Crippen molar-refractivity contribution in [3.63, 3.8) is 0 Å². The van der Waals surface area contributed by atoms with Crippen LogP contribution in [0.1, 0.15) is 33.1 Å². The monoisotopic (exact) mass is 292 g/mol. The van der Waals surface area contributed by atoms with E-state index in [1.54, 1.807) is 13.8 Å². The minimum atomic E-state index is -4.49. The van der Waals surface area contributed by atoms with Crippen LogP contribution >= 0.6 is 0 Å². The molecule has 0 N–H and O–H groups in total. The molecule has 4 nitrogen and oxygen atoms in total. The molecule has 2 unspecified atom stereocenters. The van der Waals surface area contributed by atoms with Gasteiger partial charge < -0.3 is 9.80 Å². The molecule has 0 spiro atoms. The first-order chi connectivity index (χ1) is 9.22. The average molecular weight is 292 g/mol. The van der Waals surface area contributed by atoms with Gasteiger partial charge in [-0.3, -0.25) is 9.59 Å². The average Bonchev–Trinajstić information content (AvgIpc) is 2.34. The van der Waals surface area contributed by atoms with Crippen molar-refractivity contribution >= 4 is 11.8 Å². The molecular formula is C13H19F3N2O2. The normalized spacial score (nSPS) is 28.1. The Hall–Kier alpha value is -1.27. The van der Waals surface area contributed by atoms with Crippen molar-refractivity contribution in [3.8, 4) is 0 Å². The van der Waals surface area contributed by atoms with Crippen LogP contribution < -0.4 is 0 Å². The van der Waals surface area contributed by atoms with Crippen LogP contribution in [0.15, 0.2) is 0 Å². The van der Waals surface area contributed by atoms with E-state index < -0.39 is 30.7 Å². The van der Waals surface area contributed by atoms with Gasteiger partial charge in [0.2, 0.25) is 11.8 Å². The number of piperazine rings is 1. The number of amides is 2. The van der Waals surface area contributed by atoms with Gasteiger partial charge in [0.1, 0.15) is 18.6 Å². The number of fused-ring (bicyclic) bond motifs is 1. The highest BCUT2D eigenvalue weighted by Gasteiger charge is 2.50. The summed E-state index contributed by atoms with van der Waals surface area (Å²) in [6.07, 6.45) is -2.45. The van der Waals surface area contributed by atoms with Gasteiger partial charge in [-0.25, -0.2) is 0 Å². The summed E-state index contributed by atoms with van der Waals surface area (Å²) in [7, 11) is 0. The first kappa shape index (κ1) is 15.1.